The fourth-order valence-electron chi connectivity index (χ4n) is 3.16. The van der Waals surface area contributed by atoms with Crippen molar-refractivity contribution in [2.75, 3.05) is 6.54 Å². The highest BCUT2D eigenvalue weighted by Crippen LogP contribution is 2.28. The quantitative estimate of drug-likeness (QED) is 0.609. The first-order valence-electron chi connectivity index (χ1n) is 9.30. The lowest BCUT2D eigenvalue weighted by molar-refractivity contribution is 0.0946. The molecule has 136 valence electrons. The molecule has 1 heterocycles. The zero-order valence-corrected chi connectivity index (χ0v) is 15.5. The first-order valence-corrected chi connectivity index (χ1v) is 9.30. The maximum atomic E-state index is 12.8. The van der Waals surface area contributed by atoms with Crippen molar-refractivity contribution in [2.45, 2.75) is 26.2 Å². The van der Waals surface area contributed by atoms with Crippen LogP contribution >= 0.6 is 0 Å². The van der Waals surface area contributed by atoms with Gasteiger partial charge < -0.3 is 9.88 Å². The zero-order valence-electron chi connectivity index (χ0n) is 15.5. The van der Waals surface area contributed by atoms with E-state index in [9.17, 15) is 10.1 Å². The van der Waals surface area contributed by atoms with Gasteiger partial charge in [-0.3, -0.25) is 4.79 Å². The Morgan fingerprint density at radius 1 is 1.04 bits per heavy atom. The molecule has 0 radical (unpaired) electrons. The van der Waals surface area contributed by atoms with Crippen LogP contribution in [-0.2, 0) is 0 Å². The number of hydrogen-bond donors (Lipinski definition) is 1. The van der Waals surface area contributed by atoms with Gasteiger partial charge >= 0.3 is 0 Å². The molecule has 27 heavy (non-hydrogen) atoms. The van der Waals surface area contributed by atoms with Crippen molar-refractivity contribution in [1.29, 1.82) is 5.26 Å². The minimum atomic E-state index is -0.212. The Labute approximate surface area is 160 Å². The van der Waals surface area contributed by atoms with E-state index in [1.54, 1.807) is 12.3 Å². The molecule has 1 aromatic heterocycles. The van der Waals surface area contributed by atoms with Crippen molar-refractivity contribution in [3.8, 4) is 22.9 Å². The van der Waals surface area contributed by atoms with Gasteiger partial charge in [0.05, 0.1) is 11.3 Å². The summed E-state index contributed by atoms with van der Waals surface area (Å²) in [7, 11) is 0. The van der Waals surface area contributed by atoms with Crippen LogP contribution in [0.15, 0.2) is 66.9 Å². The summed E-state index contributed by atoms with van der Waals surface area (Å²) in [5.41, 5.74) is 3.72. The minimum Gasteiger partial charge on any atom is -0.351 e. The highest BCUT2D eigenvalue weighted by Gasteiger charge is 2.19. The first kappa shape index (κ1) is 18.5. The molecule has 0 bridgehead atoms. The summed E-state index contributed by atoms with van der Waals surface area (Å²) < 4.78 is 1.82. The Morgan fingerprint density at radius 2 is 1.78 bits per heavy atom. The number of hydrogen-bond acceptors (Lipinski definition) is 2. The van der Waals surface area contributed by atoms with E-state index >= 15 is 0 Å². The van der Waals surface area contributed by atoms with E-state index < -0.39 is 0 Å². The molecule has 0 saturated heterocycles. The molecule has 3 aromatic rings. The van der Waals surface area contributed by atoms with Gasteiger partial charge in [-0.05, 0) is 24.1 Å². The molecule has 0 aliphatic carbocycles. The Hall–Kier alpha value is -3.32. The summed E-state index contributed by atoms with van der Waals surface area (Å²) in [6.45, 7) is 2.74. The van der Waals surface area contributed by atoms with Crippen LogP contribution in [0.5, 0.6) is 0 Å². The molecule has 0 aliphatic rings. The van der Waals surface area contributed by atoms with E-state index in [0.717, 1.165) is 36.1 Å². The third-order valence-corrected chi connectivity index (χ3v) is 4.54. The lowest BCUT2D eigenvalue weighted by Gasteiger charge is -2.15. The number of nitriles is 1. The summed E-state index contributed by atoms with van der Waals surface area (Å²) in [5.74, 6) is -0.212. The smallest absolute Gasteiger partial charge is 0.269 e. The molecule has 2 aromatic carbocycles. The van der Waals surface area contributed by atoms with Crippen molar-refractivity contribution in [1.82, 2.24) is 9.88 Å². The monoisotopic (exact) mass is 357 g/mol. The number of amides is 1. The Balaban J connectivity index is 2.01. The molecule has 0 unspecified atom stereocenters. The SMILES string of the molecule is CCCCCNC(=O)c1c(C#N)ccn1-c1ccccc1-c1ccccc1. The third-order valence-electron chi connectivity index (χ3n) is 4.54. The van der Waals surface area contributed by atoms with Crippen molar-refractivity contribution >= 4 is 5.91 Å². The van der Waals surface area contributed by atoms with Gasteiger partial charge in [0.2, 0.25) is 0 Å². The van der Waals surface area contributed by atoms with Gasteiger partial charge in [-0.25, -0.2) is 0 Å². The fraction of sp³-hybridized carbons (Fsp3) is 0.217. The number of nitrogens with zero attached hydrogens (tertiary/aromatic N) is 2. The first-order chi connectivity index (χ1) is 13.3. The Morgan fingerprint density at radius 3 is 2.52 bits per heavy atom. The van der Waals surface area contributed by atoms with Gasteiger partial charge in [0.1, 0.15) is 11.8 Å². The molecule has 0 fully saturated rings. The standard InChI is InChI=1S/C23H23N3O/c1-2-3-9-15-25-23(27)22-19(17-24)14-16-26(22)21-13-8-7-12-20(21)18-10-5-4-6-11-18/h4-8,10-14,16H,2-3,9,15H2,1H3,(H,25,27). The van der Waals surface area contributed by atoms with Crippen LogP contribution < -0.4 is 5.32 Å². The van der Waals surface area contributed by atoms with E-state index in [1.165, 1.54) is 0 Å². The maximum Gasteiger partial charge on any atom is 0.269 e. The van der Waals surface area contributed by atoms with E-state index in [-0.39, 0.29) is 5.91 Å². The molecule has 0 spiro atoms. The van der Waals surface area contributed by atoms with Gasteiger partial charge in [0.25, 0.3) is 5.91 Å². The zero-order chi connectivity index (χ0) is 19.1. The highest BCUT2D eigenvalue weighted by atomic mass is 16.1. The van der Waals surface area contributed by atoms with Crippen molar-refractivity contribution < 1.29 is 4.79 Å². The molecule has 1 N–H and O–H groups in total. The summed E-state index contributed by atoms with van der Waals surface area (Å²) in [6, 6.07) is 21.8. The third kappa shape index (κ3) is 4.09. The van der Waals surface area contributed by atoms with E-state index in [0.29, 0.717) is 17.8 Å². The number of unbranched alkanes of at least 4 members (excludes halogenated alkanes) is 2. The molecule has 4 nitrogen and oxygen atoms in total. The number of carbonyl (C=O) groups is 1. The van der Waals surface area contributed by atoms with Crippen molar-refractivity contribution in [3.63, 3.8) is 0 Å². The number of para-hydroxylation sites is 1. The Kier molecular flexibility index (Phi) is 6.06. The van der Waals surface area contributed by atoms with Crippen molar-refractivity contribution in [3.05, 3.63) is 78.1 Å². The van der Waals surface area contributed by atoms with E-state index in [1.807, 2.05) is 59.2 Å². The van der Waals surface area contributed by atoms with E-state index in [4.69, 9.17) is 0 Å². The molecular weight excluding hydrogens is 334 g/mol. The molecule has 4 heteroatoms. The lowest BCUT2D eigenvalue weighted by atomic mass is 10.0. The van der Waals surface area contributed by atoms with Crippen LogP contribution in [0.2, 0.25) is 0 Å². The van der Waals surface area contributed by atoms with Crippen molar-refractivity contribution in [2.24, 2.45) is 0 Å². The number of rotatable bonds is 7. The second-order valence-electron chi connectivity index (χ2n) is 6.41. The summed E-state index contributed by atoms with van der Waals surface area (Å²) >= 11 is 0. The van der Waals surface area contributed by atoms with Gasteiger partial charge in [-0.2, -0.15) is 5.26 Å². The van der Waals surface area contributed by atoms with Crippen LogP contribution in [0.1, 0.15) is 42.2 Å². The maximum absolute atomic E-state index is 12.8. The average molecular weight is 357 g/mol. The fourth-order valence-corrected chi connectivity index (χ4v) is 3.16. The summed E-state index contributed by atoms with van der Waals surface area (Å²) in [5, 5.41) is 12.4. The second-order valence-corrected chi connectivity index (χ2v) is 6.41. The second kappa shape index (κ2) is 8.86. The molecule has 1 amide bonds. The van der Waals surface area contributed by atoms with Gasteiger partial charge in [-0.1, -0.05) is 68.3 Å². The van der Waals surface area contributed by atoms with Crippen LogP contribution in [0.25, 0.3) is 16.8 Å². The van der Waals surface area contributed by atoms with Gasteiger partial charge in [0, 0.05) is 18.3 Å². The predicted octanol–water partition coefficient (Wildman–Crippen LogP) is 4.94. The minimum absolute atomic E-state index is 0.212. The normalized spacial score (nSPS) is 10.4. The van der Waals surface area contributed by atoms with E-state index in [2.05, 4.69) is 18.3 Å². The number of nitrogens with one attached hydrogen (secondary N) is 1. The molecular formula is C23H23N3O. The van der Waals surface area contributed by atoms with Crippen LogP contribution in [0.4, 0.5) is 0 Å². The van der Waals surface area contributed by atoms with Crippen LogP contribution in [-0.4, -0.2) is 17.0 Å². The topological polar surface area (TPSA) is 57.8 Å². The summed E-state index contributed by atoms with van der Waals surface area (Å²) in [4.78, 5) is 12.8. The van der Waals surface area contributed by atoms with Crippen LogP contribution in [0, 0.1) is 11.3 Å². The molecule has 0 saturated carbocycles. The molecule has 0 aliphatic heterocycles. The Bertz CT molecular complexity index is 951. The average Bonchev–Trinajstić information content (AvgIpc) is 3.16. The van der Waals surface area contributed by atoms with Gasteiger partial charge in [-0.15, -0.1) is 0 Å². The lowest BCUT2D eigenvalue weighted by Crippen LogP contribution is -2.27. The highest BCUT2D eigenvalue weighted by molar-refractivity contribution is 5.96. The number of aromatic nitrogens is 1. The largest absolute Gasteiger partial charge is 0.351 e. The van der Waals surface area contributed by atoms with Crippen LogP contribution in [0.3, 0.4) is 0 Å². The number of carbonyl (C=O) groups excluding carboxylic acids is 1. The predicted molar refractivity (Wildman–Crippen MR) is 108 cm³/mol. The molecule has 3 rings (SSSR count). The summed E-state index contributed by atoms with van der Waals surface area (Å²) in [6.07, 6.45) is 4.90. The molecule has 0 atom stereocenters. The van der Waals surface area contributed by atoms with Gasteiger partial charge in [0.15, 0.2) is 0 Å². The number of benzene rings is 2.